The molecule has 0 spiro atoms. The summed E-state index contributed by atoms with van der Waals surface area (Å²) in [7, 11) is 0. The van der Waals surface area contributed by atoms with Gasteiger partial charge in [0.05, 0.1) is 5.69 Å². The molecule has 0 unspecified atom stereocenters. The second-order valence-corrected chi connectivity index (χ2v) is 6.83. The lowest BCUT2D eigenvalue weighted by Gasteiger charge is -2.10. The highest BCUT2D eigenvalue weighted by Crippen LogP contribution is 2.17. The van der Waals surface area contributed by atoms with Crippen molar-refractivity contribution in [1.29, 1.82) is 0 Å². The summed E-state index contributed by atoms with van der Waals surface area (Å²) in [5.41, 5.74) is 0.982. The van der Waals surface area contributed by atoms with Crippen molar-refractivity contribution in [3.8, 4) is 0 Å². The van der Waals surface area contributed by atoms with E-state index in [0.29, 0.717) is 23.4 Å². The second-order valence-electron chi connectivity index (χ2n) is 5.98. The Morgan fingerprint density at radius 3 is 2.73 bits per heavy atom. The van der Waals surface area contributed by atoms with Gasteiger partial charge in [-0.3, -0.25) is 4.79 Å². The fraction of sp³-hybridized carbons (Fsp3) is 0.562. The summed E-state index contributed by atoms with van der Waals surface area (Å²) < 4.78 is 2.15. The van der Waals surface area contributed by atoms with Crippen LogP contribution in [0.5, 0.6) is 0 Å². The van der Waals surface area contributed by atoms with Gasteiger partial charge in [-0.05, 0) is 12.3 Å². The fourth-order valence-electron chi connectivity index (χ4n) is 2.19. The molecule has 1 amide bonds. The summed E-state index contributed by atoms with van der Waals surface area (Å²) in [5, 5.41) is 5.45. The minimum absolute atomic E-state index is 0.0772. The van der Waals surface area contributed by atoms with Gasteiger partial charge in [-0.15, -0.1) is 11.3 Å². The quantitative estimate of drug-likeness (QED) is 0.795. The number of amides is 1. The van der Waals surface area contributed by atoms with Crippen molar-refractivity contribution >= 4 is 17.2 Å². The Morgan fingerprint density at radius 2 is 2.09 bits per heavy atom. The number of aryl methyl sites for hydroxylation is 1. The van der Waals surface area contributed by atoms with Crippen molar-refractivity contribution < 1.29 is 4.79 Å². The van der Waals surface area contributed by atoms with Gasteiger partial charge in [0.1, 0.15) is 5.82 Å². The van der Waals surface area contributed by atoms with Gasteiger partial charge in [0.15, 0.2) is 5.01 Å². The van der Waals surface area contributed by atoms with E-state index in [4.69, 9.17) is 0 Å². The summed E-state index contributed by atoms with van der Waals surface area (Å²) in [6.07, 6.45) is 4.70. The van der Waals surface area contributed by atoms with Crippen molar-refractivity contribution in [2.75, 3.05) is 6.54 Å². The zero-order valence-corrected chi connectivity index (χ0v) is 14.5. The average molecular weight is 320 g/mol. The van der Waals surface area contributed by atoms with Gasteiger partial charge in [-0.2, -0.15) is 0 Å². The molecule has 0 atom stereocenters. The lowest BCUT2D eigenvalue weighted by molar-refractivity contribution is 0.0952. The molecule has 22 heavy (non-hydrogen) atoms. The first-order valence-corrected chi connectivity index (χ1v) is 8.61. The Hall–Kier alpha value is -1.69. The van der Waals surface area contributed by atoms with Crippen LogP contribution >= 0.6 is 11.3 Å². The SMILES string of the molecule is CC(C)c1csc(C(=O)NCCCn2ccnc2C(C)C)n1. The molecular formula is C16H24N4OS. The molecule has 0 radical (unpaired) electrons. The van der Waals surface area contributed by atoms with E-state index in [1.165, 1.54) is 11.3 Å². The Morgan fingerprint density at radius 1 is 1.32 bits per heavy atom. The van der Waals surface area contributed by atoms with Crippen LogP contribution < -0.4 is 5.32 Å². The number of hydrogen-bond acceptors (Lipinski definition) is 4. The summed E-state index contributed by atoms with van der Waals surface area (Å²) >= 11 is 1.41. The molecule has 0 aromatic carbocycles. The number of rotatable bonds is 7. The molecule has 2 aromatic heterocycles. The Balaban J connectivity index is 1.78. The first kappa shape index (κ1) is 16.7. The summed E-state index contributed by atoms with van der Waals surface area (Å²) in [5.74, 6) is 1.78. The van der Waals surface area contributed by atoms with Crippen LogP contribution in [0, 0.1) is 0 Å². The van der Waals surface area contributed by atoms with E-state index < -0.39 is 0 Å². The monoisotopic (exact) mass is 320 g/mol. The third-order valence-corrected chi connectivity index (χ3v) is 4.29. The van der Waals surface area contributed by atoms with Crippen molar-refractivity contribution in [3.63, 3.8) is 0 Å². The van der Waals surface area contributed by atoms with Crippen LogP contribution in [-0.2, 0) is 6.54 Å². The Bertz CT molecular complexity index is 615. The number of aromatic nitrogens is 3. The van der Waals surface area contributed by atoms with Crippen LogP contribution in [0.3, 0.4) is 0 Å². The smallest absolute Gasteiger partial charge is 0.280 e. The molecule has 6 heteroatoms. The lowest BCUT2D eigenvalue weighted by Crippen LogP contribution is -2.25. The number of thiazole rings is 1. The van der Waals surface area contributed by atoms with Crippen molar-refractivity contribution in [3.05, 3.63) is 34.3 Å². The van der Waals surface area contributed by atoms with Crippen LogP contribution in [0.15, 0.2) is 17.8 Å². The molecule has 0 fully saturated rings. The predicted molar refractivity (Wildman–Crippen MR) is 89.5 cm³/mol. The summed E-state index contributed by atoms with van der Waals surface area (Å²) in [4.78, 5) is 20.8. The minimum Gasteiger partial charge on any atom is -0.350 e. The number of carbonyl (C=O) groups excluding carboxylic acids is 1. The van der Waals surface area contributed by atoms with Crippen LogP contribution in [0.25, 0.3) is 0 Å². The largest absolute Gasteiger partial charge is 0.350 e. The molecule has 2 aromatic rings. The number of nitrogens with one attached hydrogen (secondary N) is 1. The molecule has 1 N–H and O–H groups in total. The highest BCUT2D eigenvalue weighted by molar-refractivity contribution is 7.11. The maximum Gasteiger partial charge on any atom is 0.280 e. The third-order valence-electron chi connectivity index (χ3n) is 3.43. The van der Waals surface area contributed by atoms with E-state index >= 15 is 0 Å². The van der Waals surface area contributed by atoms with E-state index in [0.717, 1.165) is 24.5 Å². The molecule has 2 rings (SSSR count). The second kappa shape index (κ2) is 7.54. The lowest BCUT2D eigenvalue weighted by atomic mass is 10.2. The molecule has 0 saturated heterocycles. The molecule has 2 heterocycles. The zero-order valence-electron chi connectivity index (χ0n) is 13.7. The first-order chi connectivity index (χ1) is 10.5. The van der Waals surface area contributed by atoms with Gasteiger partial charge in [0, 0.05) is 36.8 Å². The van der Waals surface area contributed by atoms with Gasteiger partial charge < -0.3 is 9.88 Å². The van der Waals surface area contributed by atoms with E-state index in [1.54, 1.807) is 0 Å². The standard InChI is InChI=1S/C16H24N4OS/c1-11(2)13-10-22-16(19-13)15(21)18-6-5-8-20-9-7-17-14(20)12(3)4/h7,9-12H,5-6,8H2,1-4H3,(H,18,21). The van der Waals surface area contributed by atoms with Crippen molar-refractivity contribution in [2.45, 2.75) is 52.5 Å². The van der Waals surface area contributed by atoms with Gasteiger partial charge >= 0.3 is 0 Å². The predicted octanol–water partition coefficient (Wildman–Crippen LogP) is 3.41. The maximum absolute atomic E-state index is 12.0. The fourth-order valence-corrected chi connectivity index (χ4v) is 3.09. The van der Waals surface area contributed by atoms with Crippen molar-refractivity contribution in [2.24, 2.45) is 0 Å². The van der Waals surface area contributed by atoms with Crippen LogP contribution in [0.1, 0.15) is 67.3 Å². The molecule has 0 aliphatic heterocycles. The number of imidazole rings is 1. The number of carbonyl (C=O) groups is 1. The molecule has 0 saturated carbocycles. The van der Waals surface area contributed by atoms with E-state index in [1.807, 2.05) is 17.8 Å². The van der Waals surface area contributed by atoms with Gasteiger partial charge in [0.25, 0.3) is 5.91 Å². The average Bonchev–Trinajstić information content (AvgIpc) is 3.12. The normalized spacial score (nSPS) is 11.4. The van der Waals surface area contributed by atoms with Crippen molar-refractivity contribution in [1.82, 2.24) is 19.9 Å². The van der Waals surface area contributed by atoms with Crippen LogP contribution in [0.4, 0.5) is 0 Å². The van der Waals surface area contributed by atoms with Gasteiger partial charge in [-0.25, -0.2) is 9.97 Å². The zero-order chi connectivity index (χ0) is 16.1. The van der Waals surface area contributed by atoms with E-state index in [2.05, 4.69) is 47.5 Å². The molecule has 0 bridgehead atoms. The Labute approximate surface area is 135 Å². The number of nitrogens with zero attached hydrogens (tertiary/aromatic N) is 3. The molecule has 5 nitrogen and oxygen atoms in total. The highest BCUT2D eigenvalue weighted by Gasteiger charge is 2.12. The molecule has 120 valence electrons. The third kappa shape index (κ3) is 4.16. The van der Waals surface area contributed by atoms with Crippen LogP contribution in [-0.4, -0.2) is 27.0 Å². The number of hydrogen-bond donors (Lipinski definition) is 1. The molecule has 0 aliphatic carbocycles. The summed E-state index contributed by atoms with van der Waals surface area (Å²) in [6, 6.07) is 0. The molecular weight excluding hydrogens is 296 g/mol. The summed E-state index contributed by atoms with van der Waals surface area (Å²) in [6.45, 7) is 9.93. The topological polar surface area (TPSA) is 59.8 Å². The van der Waals surface area contributed by atoms with Gasteiger partial charge in [0.2, 0.25) is 0 Å². The van der Waals surface area contributed by atoms with Crippen LogP contribution in [0.2, 0.25) is 0 Å². The minimum atomic E-state index is -0.0772. The van der Waals surface area contributed by atoms with E-state index in [-0.39, 0.29) is 5.91 Å². The first-order valence-electron chi connectivity index (χ1n) is 7.73. The maximum atomic E-state index is 12.0. The van der Waals surface area contributed by atoms with E-state index in [9.17, 15) is 4.79 Å². The Kier molecular flexibility index (Phi) is 5.71. The molecule has 0 aliphatic rings. The highest BCUT2D eigenvalue weighted by atomic mass is 32.1. The van der Waals surface area contributed by atoms with Gasteiger partial charge in [-0.1, -0.05) is 27.7 Å².